The third-order valence-corrected chi connectivity index (χ3v) is 5.78. The molecule has 2 aliphatic rings. The number of carbonyl (C=O) groups excluding carboxylic acids is 2. The molecule has 1 saturated heterocycles. The molecule has 5 nitrogen and oxygen atoms in total. The molecule has 0 spiro atoms. The molecule has 5 heteroatoms. The molecule has 3 rings (SSSR count). The number of rotatable bonds is 8. The van der Waals surface area contributed by atoms with Crippen molar-refractivity contribution >= 4 is 11.9 Å². The SMILES string of the molecule is CCCCC[C@@](C)(O)/C=C/[C@@H]1[C@H]2CC(=O)O[C@H]2C[C@H]1OC(=O)c1ccccc1. The molecule has 1 saturated carbocycles. The van der Waals surface area contributed by atoms with Crippen LogP contribution in [-0.2, 0) is 14.3 Å². The molecule has 1 heterocycles. The smallest absolute Gasteiger partial charge is 0.338 e. The van der Waals surface area contributed by atoms with Crippen molar-refractivity contribution in [1.82, 2.24) is 0 Å². The Morgan fingerprint density at radius 3 is 2.79 bits per heavy atom. The van der Waals surface area contributed by atoms with Gasteiger partial charge in [-0.2, -0.15) is 0 Å². The van der Waals surface area contributed by atoms with Crippen LogP contribution in [0.2, 0.25) is 0 Å². The Labute approximate surface area is 166 Å². The van der Waals surface area contributed by atoms with Crippen LogP contribution in [0.25, 0.3) is 0 Å². The average molecular weight is 386 g/mol. The lowest BCUT2D eigenvalue weighted by Gasteiger charge is -2.23. The van der Waals surface area contributed by atoms with Crippen LogP contribution in [0.5, 0.6) is 0 Å². The summed E-state index contributed by atoms with van der Waals surface area (Å²) in [5.41, 5.74) is -0.407. The molecule has 152 valence electrons. The fourth-order valence-corrected chi connectivity index (χ4v) is 4.20. The molecule has 0 unspecified atom stereocenters. The van der Waals surface area contributed by atoms with E-state index in [1.54, 1.807) is 31.2 Å². The van der Waals surface area contributed by atoms with Crippen LogP contribution in [0.4, 0.5) is 0 Å². The standard InChI is InChI=1S/C23H30O5/c1-3-4-8-12-23(2,26)13-11-17-18-14-21(24)27-20(18)15-19(17)28-22(25)16-9-6-5-7-10-16/h5-7,9-11,13,17-20,26H,3-4,8,12,14-15H2,1-2H3/b13-11+/t17-,18-,19-,20+,23-/m1/s1. The summed E-state index contributed by atoms with van der Waals surface area (Å²) in [4.78, 5) is 24.2. The topological polar surface area (TPSA) is 72.8 Å². The van der Waals surface area contributed by atoms with E-state index in [9.17, 15) is 14.7 Å². The number of unbranched alkanes of at least 4 members (excludes halogenated alkanes) is 2. The number of hydrogen-bond acceptors (Lipinski definition) is 5. The van der Waals surface area contributed by atoms with Gasteiger partial charge in [0, 0.05) is 18.3 Å². The largest absolute Gasteiger partial charge is 0.462 e. The van der Waals surface area contributed by atoms with Gasteiger partial charge in [-0.1, -0.05) is 56.5 Å². The van der Waals surface area contributed by atoms with Crippen LogP contribution in [-0.4, -0.2) is 34.9 Å². The van der Waals surface area contributed by atoms with E-state index in [-0.39, 0.29) is 36.0 Å². The summed E-state index contributed by atoms with van der Waals surface area (Å²) >= 11 is 0. The first-order chi connectivity index (χ1) is 13.4. The van der Waals surface area contributed by atoms with Crippen LogP contribution in [0, 0.1) is 11.8 Å². The van der Waals surface area contributed by atoms with Crippen molar-refractivity contribution in [1.29, 1.82) is 0 Å². The molecule has 0 bridgehead atoms. The highest BCUT2D eigenvalue weighted by molar-refractivity contribution is 5.89. The zero-order valence-electron chi connectivity index (χ0n) is 16.7. The lowest BCUT2D eigenvalue weighted by molar-refractivity contribution is -0.141. The Balaban J connectivity index is 1.71. The van der Waals surface area contributed by atoms with Gasteiger partial charge in [0.1, 0.15) is 12.2 Å². The molecule has 1 aromatic rings. The maximum atomic E-state index is 12.5. The van der Waals surface area contributed by atoms with Crippen LogP contribution >= 0.6 is 0 Å². The van der Waals surface area contributed by atoms with Crippen LogP contribution in [0.3, 0.4) is 0 Å². The van der Waals surface area contributed by atoms with E-state index in [4.69, 9.17) is 9.47 Å². The molecule has 0 amide bonds. The van der Waals surface area contributed by atoms with Gasteiger partial charge in [0.15, 0.2) is 0 Å². The zero-order chi connectivity index (χ0) is 20.1. The first kappa shape index (κ1) is 20.6. The van der Waals surface area contributed by atoms with Gasteiger partial charge in [0.2, 0.25) is 0 Å². The van der Waals surface area contributed by atoms with Crippen molar-refractivity contribution < 1.29 is 24.2 Å². The van der Waals surface area contributed by atoms with Crippen molar-refractivity contribution in [3.8, 4) is 0 Å². The first-order valence-electron chi connectivity index (χ1n) is 10.3. The normalized spacial score (nSPS) is 28.8. The molecular formula is C23H30O5. The average Bonchev–Trinajstić information content (AvgIpc) is 3.16. The summed E-state index contributed by atoms with van der Waals surface area (Å²) in [5, 5.41) is 10.6. The minimum absolute atomic E-state index is 0.0104. The number of ether oxygens (including phenoxy) is 2. The molecule has 0 radical (unpaired) electrons. The number of carbonyl (C=O) groups is 2. The molecule has 1 aliphatic heterocycles. The number of esters is 2. The van der Waals surface area contributed by atoms with E-state index in [0.29, 0.717) is 24.8 Å². The van der Waals surface area contributed by atoms with Crippen LogP contribution in [0.1, 0.15) is 62.7 Å². The quantitative estimate of drug-likeness (QED) is 0.414. The Kier molecular flexibility index (Phi) is 6.55. The predicted molar refractivity (Wildman–Crippen MR) is 106 cm³/mol. The molecule has 0 aromatic heterocycles. The van der Waals surface area contributed by atoms with Gasteiger partial charge in [-0.25, -0.2) is 4.79 Å². The van der Waals surface area contributed by atoms with Crippen molar-refractivity contribution in [3.05, 3.63) is 48.0 Å². The van der Waals surface area contributed by atoms with Gasteiger partial charge >= 0.3 is 11.9 Å². The highest BCUT2D eigenvalue weighted by Gasteiger charge is 2.50. The van der Waals surface area contributed by atoms with Gasteiger partial charge in [0.05, 0.1) is 17.6 Å². The molecule has 1 aromatic carbocycles. The van der Waals surface area contributed by atoms with Gasteiger partial charge in [-0.05, 0) is 25.5 Å². The van der Waals surface area contributed by atoms with E-state index in [1.165, 1.54) is 0 Å². The monoisotopic (exact) mass is 386 g/mol. The Bertz CT molecular complexity index is 709. The fraction of sp³-hybridized carbons (Fsp3) is 0.565. The third-order valence-electron chi connectivity index (χ3n) is 5.78. The third kappa shape index (κ3) is 5.02. The van der Waals surface area contributed by atoms with Gasteiger partial charge in [0.25, 0.3) is 0 Å². The molecule has 1 N–H and O–H groups in total. The number of fused-ring (bicyclic) bond motifs is 1. The second-order valence-electron chi connectivity index (χ2n) is 8.19. The molecule has 5 atom stereocenters. The summed E-state index contributed by atoms with van der Waals surface area (Å²) in [7, 11) is 0. The number of aliphatic hydroxyl groups is 1. The molecule has 2 fully saturated rings. The number of benzene rings is 1. The van der Waals surface area contributed by atoms with Gasteiger partial charge < -0.3 is 14.6 Å². The predicted octanol–water partition coefficient (Wildman–Crippen LogP) is 4.05. The van der Waals surface area contributed by atoms with Crippen LogP contribution in [0.15, 0.2) is 42.5 Å². The van der Waals surface area contributed by atoms with E-state index < -0.39 is 5.60 Å². The Morgan fingerprint density at radius 2 is 2.07 bits per heavy atom. The summed E-state index contributed by atoms with van der Waals surface area (Å²) in [6, 6.07) is 8.89. The summed E-state index contributed by atoms with van der Waals surface area (Å²) in [6.45, 7) is 3.93. The second kappa shape index (κ2) is 8.91. The lowest BCUT2D eigenvalue weighted by atomic mass is 9.89. The van der Waals surface area contributed by atoms with Crippen molar-refractivity contribution in [2.75, 3.05) is 0 Å². The van der Waals surface area contributed by atoms with E-state index in [1.807, 2.05) is 18.2 Å². The lowest BCUT2D eigenvalue weighted by Crippen LogP contribution is -2.26. The maximum Gasteiger partial charge on any atom is 0.338 e. The van der Waals surface area contributed by atoms with Crippen LogP contribution < -0.4 is 0 Å². The summed E-state index contributed by atoms with van der Waals surface area (Å²) < 4.78 is 11.2. The van der Waals surface area contributed by atoms with E-state index >= 15 is 0 Å². The van der Waals surface area contributed by atoms with Gasteiger partial charge in [-0.3, -0.25) is 4.79 Å². The van der Waals surface area contributed by atoms with Crippen molar-refractivity contribution in [3.63, 3.8) is 0 Å². The van der Waals surface area contributed by atoms with Crippen molar-refractivity contribution in [2.45, 2.75) is 70.2 Å². The Morgan fingerprint density at radius 1 is 1.32 bits per heavy atom. The summed E-state index contributed by atoms with van der Waals surface area (Å²) in [6.07, 6.45) is 7.81. The van der Waals surface area contributed by atoms with E-state index in [2.05, 4.69) is 6.92 Å². The Hall–Kier alpha value is -2.14. The zero-order valence-corrected chi connectivity index (χ0v) is 16.7. The molecule has 1 aliphatic carbocycles. The highest BCUT2D eigenvalue weighted by Crippen LogP contribution is 2.44. The van der Waals surface area contributed by atoms with Crippen molar-refractivity contribution in [2.24, 2.45) is 11.8 Å². The van der Waals surface area contributed by atoms with Gasteiger partial charge in [-0.15, -0.1) is 0 Å². The minimum Gasteiger partial charge on any atom is -0.462 e. The molecular weight excluding hydrogens is 356 g/mol. The maximum absolute atomic E-state index is 12.5. The fourth-order valence-electron chi connectivity index (χ4n) is 4.20. The highest BCUT2D eigenvalue weighted by atomic mass is 16.6. The van der Waals surface area contributed by atoms with E-state index in [0.717, 1.165) is 19.3 Å². The first-order valence-corrected chi connectivity index (χ1v) is 10.3. The minimum atomic E-state index is -0.912. The second-order valence-corrected chi connectivity index (χ2v) is 8.19. The molecule has 28 heavy (non-hydrogen) atoms. The summed E-state index contributed by atoms with van der Waals surface area (Å²) in [5.74, 6) is -0.716. The number of hydrogen-bond donors (Lipinski definition) is 1.